The predicted octanol–water partition coefficient (Wildman–Crippen LogP) is 2.81. The molecule has 0 spiro atoms. The van der Waals surface area contributed by atoms with Crippen molar-refractivity contribution in [2.75, 3.05) is 0 Å². The highest BCUT2D eigenvalue weighted by atomic mass is 16.3. The Hall–Kier alpha value is -0.560. The molecule has 0 aliphatic heterocycles. The molecule has 0 bridgehead atoms. The van der Waals surface area contributed by atoms with E-state index in [1.165, 1.54) is 18.4 Å². The zero-order valence-corrected chi connectivity index (χ0v) is 7.84. The maximum Gasteiger partial charge on any atom is 0.0862 e. The van der Waals surface area contributed by atoms with Crippen molar-refractivity contribution in [2.45, 2.75) is 44.6 Å². The van der Waals surface area contributed by atoms with Crippen LogP contribution in [0.4, 0.5) is 0 Å². The molecule has 0 aromatic heterocycles. The summed E-state index contributed by atoms with van der Waals surface area (Å²) in [7, 11) is 0. The van der Waals surface area contributed by atoms with Crippen LogP contribution in [0.15, 0.2) is 24.3 Å². The Kier molecular flexibility index (Phi) is 3.10. The largest absolute Gasteiger partial charge is 0.385 e. The molecule has 1 nitrogen and oxygen atoms in total. The van der Waals surface area contributed by atoms with Gasteiger partial charge in [0.1, 0.15) is 0 Å². The van der Waals surface area contributed by atoms with Gasteiger partial charge in [-0.15, -0.1) is 6.58 Å². The summed E-state index contributed by atoms with van der Waals surface area (Å²) in [4.78, 5) is 0. The summed E-state index contributed by atoms with van der Waals surface area (Å²) in [6.45, 7) is 5.53. The Labute approximate surface area is 74.8 Å². The molecule has 1 aliphatic rings. The minimum Gasteiger partial charge on any atom is -0.385 e. The molecule has 1 aliphatic carbocycles. The molecule has 1 rings (SSSR count). The van der Waals surface area contributed by atoms with Crippen molar-refractivity contribution in [3.05, 3.63) is 24.3 Å². The van der Waals surface area contributed by atoms with Crippen molar-refractivity contribution in [1.29, 1.82) is 0 Å². The number of hydrogen-bond acceptors (Lipinski definition) is 1. The van der Waals surface area contributed by atoms with E-state index in [-0.39, 0.29) is 0 Å². The highest BCUT2D eigenvalue weighted by molar-refractivity contribution is 5.18. The SMILES string of the molecule is C=CCC(C)(O)C1=CCCCC1. The molecule has 1 heteroatoms. The first-order chi connectivity index (χ1) is 5.67. The second-order valence-electron chi connectivity index (χ2n) is 3.74. The highest BCUT2D eigenvalue weighted by Crippen LogP contribution is 2.29. The molecule has 68 valence electrons. The highest BCUT2D eigenvalue weighted by Gasteiger charge is 2.24. The van der Waals surface area contributed by atoms with E-state index in [4.69, 9.17) is 0 Å². The summed E-state index contributed by atoms with van der Waals surface area (Å²) in [6.07, 6.45) is 9.32. The summed E-state index contributed by atoms with van der Waals surface area (Å²) in [5, 5.41) is 10.00. The van der Waals surface area contributed by atoms with Crippen LogP contribution in [0.25, 0.3) is 0 Å². The third-order valence-electron chi connectivity index (χ3n) is 2.52. The van der Waals surface area contributed by atoms with E-state index in [0.29, 0.717) is 6.42 Å². The van der Waals surface area contributed by atoms with Gasteiger partial charge in [-0.25, -0.2) is 0 Å². The predicted molar refractivity (Wildman–Crippen MR) is 52.0 cm³/mol. The molecule has 0 heterocycles. The van der Waals surface area contributed by atoms with Crippen molar-refractivity contribution < 1.29 is 5.11 Å². The molecule has 0 radical (unpaired) electrons. The lowest BCUT2D eigenvalue weighted by molar-refractivity contribution is 0.0962. The van der Waals surface area contributed by atoms with E-state index in [0.717, 1.165) is 12.8 Å². The van der Waals surface area contributed by atoms with Gasteiger partial charge in [0.25, 0.3) is 0 Å². The van der Waals surface area contributed by atoms with Crippen LogP contribution in [-0.2, 0) is 0 Å². The zero-order chi connectivity index (χ0) is 9.03. The van der Waals surface area contributed by atoms with Crippen molar-refractivity contribution in [3.8, 4) is 0 Å². The molecular formula is C11H18O. The van der Waals surface area contributed by atoms with Crippen LogP contribution in [0.2, 0.25) is 0 Å². The Bertz CT molecular complexity index is 189. The van der Waals surface area contributed by atoms with Crippen LogP contribution in [0.5, 0.6) is 0 Å². The second-order valence-corrected chi connectivity index (χ2v) is 3.74. The normalized spacial score (nSPS) is 22.7. The van der Waals surface area contributed by atoms with E-state index in [1.54, 1.807) is 6.08 Å². The average Bonchev–Trinajstić information content (AvgIpc) is 2.06. The maximum absolute atomic E-state index is 10.00. The number of hydrogen-bond donors (Lipinski definition) is 1. The Balaban J connectivity index is 2.65. The van der Waals surface area contributed by atoms with Gasteiger partial charge in [-0.3, -0.25) is 0 Å². The molecule has 1 atom stereocenters. The Morgan fingerprint density at radius 3 is 2.92 bits per heavy atom. The van der Waals surface area contributed by atoms with Gasteiger partial charge in [0, 0.05) is 0 Å². The van der Waals surface area contributed by atoms with Gasteiger partial charge in [-0.05, 0) is 44.6 Å². The molecule has 1 unspecified atom stereocenters. The van der Waals surface area contributed by atoms with Crippen LogP contribution in [0.3, 0.4) is 0 Å². The smallest absolute Gasteiger partial charge is 0.0862 e. The minimum atomic E-state index is -0.637. The lowest BCUT2D eigenvalue weighted by Crippen LogP contribution is -2.27. The van der Waals surface area contributed by atoms with E-state index >= 15 is 0 Å². The van der Waals surface area contributed by atoms with E-state index in [9.17, 15) is 5.11 Å². The summed E-state index contributed by atoms with van der Waals surface area (Å²) in [6, 6.07) is 0. The maximum atomic E-state index is 10.00. The fourth-order valence-electron chi connectivity index (χ4n) is 1.74. The average molecular weight is 166 g/mol. The van der Waals surface area contributed by atoms with Crippen molar-refractivity contribution in [3.63, 3.8) is 0 Å². The van der Waals surface area contributed by atoms with Gasteiger partial charge in [0.15, 0.2) is 0 Å². The first-order valence-electron chi connectivity index (χ1n) is 4.69. The zero-order valence-electron chi connectivity index (χ0n) is 7.84. The van der Waals surface area contributed by atoms with Gasteiger partial charge >= 0.3 is 0 Å². The molecule has 12 heavy (non-hydrogen) atoms. The van der Waals surface area contributed by atoms with Crippen LogP contribution in [-0.4, -0.2) is 10.7 Å². The molecule has 0 fully saturated rings. The molecule has 0 aromatic rings. The van der Waals surface area contributed by atoms with Crippen LogP contribution < -0.4 is 0 Å². The Morgan fingerprint density at radius 1 is 1.67 bits per heavy atom. The molecule has 0 amide bonds. The van der Waals surface area contributed by atoms with E-state index in [2.05, 4.69) is 12.7 Å². The lowest BCUT2D eigenvalue weighted by atomic mass is 9.85. The van der Waals surface area contributed by atoms with Gasteiger partial charge in [-0.2, -0.15) is 0 Å². The molecule has 0 saturated carbocycles. The number of allylic oxidation sites excluding steroid dienone is 1. The van der Waals surface area contributed by atoms with Crippen LogP contribution in [0.1, 0.15) is 39.0 Å². The number of rotatable bonds is 3. The third kappa shape index (κ3) is 2.21. The minimum absolute atomic E-state index is 0.637. The van der Waals surface area contributed by atoms with Crippen molar-refractivity contribution in [2.24, 2.45) is 0 Å². The summed E-state index contributed by atoms with van der Waals surface area (Å²) in [5.41, 5.74) is 0.566. The van der Waals surface area contributed by atoms with E-state index < -0.39 is 5.60 Å². The van der Waals surface area contributed by atoms with Crippen LogP contribution >= 0.6 is 0 Å². The molecule has 0 aromatic carbocycles. The topological polar surface area (TPSA) is 20.2 Å². The Morgan fingerprint density at radius 2 is 2.42 bits per heavy atom. The second kappa shape index (κ2) is 3.90. The quantitative estimate of drug-likeness (QED) is 0.639. The van der Waals surface area contributed by atoms with Gasteiger partial charge < -0.3 is 5.11 Å². The monoisotopic (exact) mass is 166 g/mol. The van der Waals surface area contributed by atoms with Gasteiger partial charge in [0.2, 0.25) is 0 Å². The fourth-order valence-corrected chi connectivity index (χ4v) is 1.74. The lowest BCUT2D eigenvalue weighted by Gasteiger charge is -2.27. The van der Waals surface area contributed by atoms with E-state index in [1.807, 2.05) is 6.92 Å². The van der Waals surface area contributed by atoms with Crippen molar-refractivity contribution >= 4 is 0 Å². The van der Waals surface area contributed by atoms with Gasteiger partial charge in [0.05, 0.1) is 5.60 Å². The van der Waals surface area contributed by atoms with Crippen LogP contribution in [0, 0.1) is 0 Å². The standard InChI is InChI=1S/C11H18O/c1-3-9-11(2,12)10-7-5-4-6-8-10/h3,7,12H,1,4-6,8-9H2,2H3. The van der Waals surface area contributed by atoms with Gasteiger partial charge in [-0.1, -0.05) is 12.2 Å². The summed E-state index contributed by atoms with van der Waals surface area (Å²) < 4.78 is 0. The molecule has 0 saturated heterocycles. The first kappa shape index (κ1) is 9.53. The number of aliphatic hydroxyl groups is 1. The van der Waals surface area contributed by atoms with Crippen molar-refractivity contribution in [1.82, 2.24) is 0 Å². The molecule has 1 N–H and O–H groups in total. The first-order valence-corrected chi connectivity index (χ1v) is 4.69. The summed E-state index contributed by atoms with van der Waals surface area (Å²) in [5.74, 6) is 0. The molecular weight excluding hydrogens is 148 g/mol. The fraction of sp³-hybridized carbons (Fsp3) is 0.636. The third-order valence-corrected chi connectivity index (χ3v) is 2.52. The summed E-state index contributed by atoms with van der Waals surface area (Å²) >= 11 is 0.